The summed E-state index contributed by atoms with van der Waals surface area (Å²) < 4.78 is 4.85. The lowest BCUT2D eigenvalue weighted by molar-refractivity contribution is 0.539. The quantitative estimate of drug-likeness (QED) is 0.483. The summed E-state index contributed by atoms with van der Waals surface area (Å²) in [6, 6.07) is 0. The van der Waals surface area contributed by atoms with Gasteiger partial charge in [0.05, 0.1) is 6.26 Å². The highest BCUT2D eigenvalue weighted by atomic mass is 31.2. The lowest BCUT2D eigenvalue weighted by atomic mass is 10.6. The normalized spacial score (nSPS) is 27.3. The smallest absolute Gasteiger partial charge is 0.182 e. The van der Waals surface area contributed by atoms with Crippen LogP contribution in [-0.2, 0) is 4.52 Å². The van der Waals surface area contributed by atoms with Gasteiger partial charge in [-0.25, -0.2) is 0 Å². The van der Waals surface area contributed by atoms with Gasteiger partial charge in [-0.05, 0) is 11.9 Å². The van der Waals surface area contributed by atoms with Gasteiger partial charge in [0, 0.05) is 0 Å². The van der Waals surface area contributed by atoms with Gasteiger partial charge in [0.1, 0.15) is 0 Å². The maximum Gasteiger partial charge on any atom is 0.182 e. The first kappa shape index (κ1) is 4.82. The summed E-state index contributed by atoms with van der Waals surface area (Å²) in [6.45, 7) is 0. The third kappa shape index (κ3) is 1.30. The van der Waals surface area contributed by atoms with Gasteiger partial charge in [-0.15, -0.1) is 0 Å². The van der Waals surface area contributed by atoms with Crippen molar-refractivity contribution in [3.05, 3.63) is 24.2 Å². The Morgan fingerprint density at radius 2 is 2.29 bits per heavy atom. The molecule has 0 aromatic heterocycles. The van der Waals surface area contributed by atoms with Crippen LogP contribution in [0.5, 0.6) is 0 Å². The topological polar surface area (TPSA) is 35.2 Å². The Kier molecular flexibility index (Phi) is 1.45. The van der Waals surface area contributed by atoms with Crippen LogP contribution in [0.15, 0.2) is 24.2 Å². The first-order valence-corrected chi connectivity index (χ1v) is 3.33. The summed E-state index contributed by atoms with van der Waals surface area (Å²) in [7, 11) is -0.759. The molecule has 0 aliphatic carbocycles. The van der Waals surface area contributed by atoms with E-state index in [4.69, 9.17) is 10.0 Å². The highest BCUT2D eigenvalue weighted by Gasteiger charge is 1.94. The van der Waals surface area contributed by atoms with Gasteiger partial charge in [-0.3, -0.25) is 5.50 Å². The Labute approximate surface area is 43.5 Å². The van der Waals surface area contributed by atoms with E-state index in [-0.39, 0.29) is 0 Å². The lowest BCUT2D eigenvalue weighted by Crippen LogP contribution is -1.86. The Morgan fingerprint density at radius 3 is 2.57 bits per heavy atom. The van der Waals surface area contributed by atoms with Gasteiger partial charge >= 0.3 is 0 Å². The van der Waals surface area contributed by atoms with Gasteiger partial charge < -0.3 is 4.52 Å². The molecular weight excluding hydrogens is 109 g/mol. The molecule has 1 aliphatic rings. The van der Waals surface area contributed by atoms with Crippen molar-refractivity contribution in [3.8, 4) is 0 Å². The van der Waals surface area contributed by atoms with Crippen molar-refractivity contribution in [1.82, 2.24) is 0 Å². The molecule has 0 radical (unpaired) electrons. The van der Waals surface area contributed by atoms with Crippen LogP contribution in [0.3, 0.4) is 0 Å². The molecule has 0 fully saturated rings. The van der Waals surface area contributed by atoms with E-state index in [1.807, 2.05) is 18.0 Å². The van der Waals surface area contributed by atoms with Crippen LogP contribution >= 0.6 is 8.30 Å². The molecule has 38 valence electrons. The molecule has 1 atom stereocenters. The molecule has 0 amide bonds. The Bertz CT molecular complexity index is 110. The van der Waals surface area contributed by atoms with E-state index >= 15 is 0 Å². The number of hydrogen-bond donors (Lipinski definition) is 1. The van der Waals surface area contributed by atoms with Crippen molar-refractivity contribution in [2.24, 2.45) is 5.50 Å². The van der Waals surface area contributed by atoms with Crippen molar-refractivity contribution in [2.45, 2.75) is 0 Å². The summed E-state index contributed by atoms with van der Waals surface area (Å²) in [5.74, 6) is 1.84. The van der Waals surface area contributed by atoms with E-state index in [1.165, 1.54) is 0 Å². The molecule has 0 bridgehead atoms. The summed E-state index contributed by atoms with van der Waals surface area (Å²) in [5, 5.41) is 0. The molecule has 1 rings (SSSR count). The molecule has 1 heterocycles. The fraction of sp³-hybridized carbons (Fsp3) is 0. The molecule has 1 unspecified atom stereocenters. The predicted octanol–water partition coefficient (Wildman–Crippen LogP) is 1.31. The third-order valence-electron chi connectivity index (χ3n) is 0.605. The minimum Gasteiger partial charge on any atom is -0.462 e. The van der Waals surface area contributed by atoms with Gasteiger partial charge in [0.15, 0.2) is 8.30 Å². The van der Waals surface area contributed by atoms with Crippen molar-refractivity contribution in [3.63, 3.8) is 0 Å². The number of nitrogens with two attached hydrogens (primary N) is 1. The fourth-order valence-corrected chi connectivity index (χ4v) is 0.871. The minimum atomic E-state index is -0.759. The Balaban J connectivity index is 2.49. The second kappa shape index (κ2) is 2.10. The first-order chi connectivity index (χ1) is 3.39. The van der Waals surface area contributed by atoms with Crippen LogP contribution < -0.4 is 5.50 Å². The Hall–Kier alpha value is -0.330. The molecule has 3 heteroatoms. The molecule has 0 spiro atoms. The molecule has 0 saturated carbocycles. The second-order valence-electron chi connectivity index (χ2n) is 1.14. The van der Waals surface area contributed by atoms with E-state index in [9.17, 15) is 0 Å². The number of rotatable bonds is 0. The highest BCUT2D eigenvalue weighted by molar-refractivity contribution is 7.53. The standard InChI is InChI=1S/C4H6NOP/c5-7-4-2-1-3-6-7/h1-4H,5H2. The molecular formula is C4H6NOP. The molecule has 1 aliphatic heterocycles. The number of hydrogen-bond acceptors (Lipinski definition) is 2. The summed E-state index contributed by atoms with van der Waals surface area (Å²) in [4.78, 5) is 0. The highest BCUT2D eigenvalue weighted by Crippen LogP contribution is 2.30. The summed E-state index contributed by atoms with van der Waals surface area (Å²) in [5.41, 5.74) is 5.34. The van der Waals surface area contributed by atoms with Gasteiger partial charge in [0.25, 0.3) is 0 Å². The van der Waals surface area contributed by atoms with Crippen LogP contribution in [0.1, 0.15) is 0 Å². The van der Waals surface area contributed by atoms with Crippen LogP contribution in [-0.4, -0.2) is 0 Å². The maximum absolute atomic E-state index is 5.34. The zero-order chi connectivity index (χ0) is 5.11. The summed E-state index contributed by atoms with van der Waals surface area (Å²) in [6.07, 6.45) is 5.30. The second-order valence-corrected chi connectivity index (χ2v) is 2.36. The van der Waals surface area contributed by atoms with Crippen molar-refractivity contribution < 1.29 is 4.52 Å². The van der Waals surface area contributed by atoms with Crippen LogP contribution in [0.4, 0.5) is 0 Å². The zero-order valence-electron chi connectivity index (χ0n) is 3.74. The fourth-order valence-electron chi connectivity index (χ4n) is 0.320. The maximum atomic E-state index is 5.34. The average molecular weight is 115 g/mol. The van der Waals surface area contributed by atoms with E-state index in [2.05, 4.69) is 0 Å². The van der Waals surface area contributed by atoms with Gasteiger partial charge in [-0.2, -0.15) is 0 Å². The SMILES string of the molecule is NP1C=CC=CO1. The van der Waals surface area contributed by atoms with Crippen molar-refractivity contribution in [2.75, 3.05) is 0 Å². The van der Waals surface area contributed by atoms with E-state index in [0.717, 1.165) is 0 Å². The van der Waals surface area contributed by atoms with E-state index in [0.29, 0.717) is 0 Å². The summed E-state index contributed by atoms with van der Waals surface area (Å²) >= 11 is 0. The Morgan fingerprint density at radius 1 is 1.43 bits per heavy atom. The molecule has 0 aromatic rings. The largest absolute Gasteiger partial charge is 0.462 e. The van der Waals surface area contributed by atoms with Gasteiger partial charge in [-0.1, -0.05) is 6.08 Å². The minimum absolute atomic E-state index is 0.759. The van der Waals surface area contributed by atoms with Crippen LogP contribution in [0.25, 0.3) is 0 Å². The first-order valence-electron chi connectivity index (χ1n) is 1.93. The van der Waals surface area contributed by atoms with Crippen LogP contribution in [0, 0.1) is 0 Å². The average Bonchev–Trinajstić information content (AvgIpc) is 1.69. The monoisotopic (exact) mass is 115 g/mol. The van der Waals surface area contributed by atoms with Crippen LogP contribution in [0.2, 0.25) is 0 Å². The van der Waals surface area contributed by atoms with E-state index < -0.39 is 8.30 Å². The molecule has 2 nitrogen and oxygen atoms in total. The molecule has 0 aromatic carbocycles. The predicted molar refractivity (Wildman–Crippen MR) is 30.5 cm³/mol. The van der Waals surface area contributed by atoms with E-state index in [1.54, 1.807) is 6.26 Å². The lowest BCUT2D eigenvalue weighted by Gasteiger charge is -2.05. The molecule has 2 N–H and O–H groups in total. The zero-order valence-corrected chi connectivity index (χ0v) is 4.64. The van der Waals surface area contributed by atoms with Crippen molar-refractivity contribution in [1.29, 1.82) is 0 Å². The number of allylic oxidation sites excluding steroid dienone is 2. The molecule has 0 saturated heterocycles. The van der Waals surface area contributed by atoms with Gasteiger partial charge in [0.2, 0.25) is 0 Å². The van der Waals surface area contributed by atoms with Crippen molar-refractivity contribution >= 4 is 8.30 Å². The third-order valence-corrected chi connectivity index (χ3v) is 1.44. The molecule has 7 heavy (non-hydrogen) atoms.